The van der Waals surface area contributed by atoms with Gasteiger partial charge in [-0.25, -0.2) is 9.78 Å². The second-order valence-corrected chi connectivity index (χ2v) is 7.71. The number of hydrogen-bond acceptors (Lipinski definition) is 6. The predicted octanol–water partition coefficient (Wildman–Crippen LogP) is 1.75. The highest BCUT2D eigenvalue weighted by atomic mass is 35.5. The topological polar surface area (TPSA) is 96.4 Å². The van der Waals surface area contributed by atoms with Gasteiger partial charge >= 0.3 is 0 Å². The minimum absolute atomic E-state index is 0.0507. The van der Waals surface area contributed by atoms with E-state index in [0.29, 0.717) is 41.8 Å². The second-order valence-electron chi connectivity index (χ2n) is 7.27. The van der Waals surface area contributed by atoms with E-state index in [0.717, 1.165) is 25.4 Å². The van der Waals surface area contributed by atoms with Gasteiger partial charge in [-0.05, 0) is 37.3 Å². The summed E-state index contributed by atoms with van der Waals surface area (Å²) in [6, 6.07) is 10.3. The van der Waals surface area contributed by atoms with Crippen LogP contribution in [0.1, 0.15) is 16.1 Å². The van der Waals surface area contributed by atoms with Gasteiger partial charge in [0.15, 0.2) is 5.82 Å². The number of hydrogen-bond donors (Lipinski definition) is 1. The summed E-state index contributed by atoms with van der Waals surface area (Å²) in [5, 5.41) is 11.3. The molecule has 31 heavy (non-hydrogen) atoms. The van der Waals surface area contributed by atoms with Crippen LogP contribution < -0.4 is 10.3 Å². The van der Waals surface area contributed by atoms with Gasteiger partial charge in [-0.2, -0.15) is 10.2 Å². The summed E-state index contributed by atoms with van der Waals surface area (Å²) in [5.41, 5.74) is 0.928. The van der Waals surface area contributed by atoms with E-state index in [-0.39, 0.29) is 11.5 Å². The number of amides is 1. The third-order valence-corrected chi connectivity index (χ3v) is 5.52. The number of halogens is 1. The molecule has 1 amide bonds. The van der Waals surface area contributed by atoms with Gasteiger partial charge in [-0.1, -0.05) is 11.6 Å². The Balaban J connectivity index is 1.29. The molecule has 0 unspecified atom stereocenters. The predicted molar refractivity (Wildman–Crippen MR) is 116 cm³/mol. The highest BCUT2D eigenvalue weighted by Gasteiger charge is 2.25. The maximum absolute atomic E-state index is 13.0. The quantitative estimate of drug-likeness (QED) is 0.624. The highest BCUT2D eigenvalue weighted by Crippen LogP contribution is 2.17. The number of rotatable bonds is 6. The second kappa shape index (κ2) is 9.32. The van der Waals surface area contributed by atoms with E-state index in [2.05, 4.69) is 20.2 Å². The number of benzene rings is 1. The summed E-state index contributed by atoms with van der Waals surface area (Å²) in [6.07, 6.45) is 1.55. The lowest BCUT2D eigenvalue weighted by Crippen LogP contribution is -2.49. The molecule has 1 N–H and O–H groups in total. The SMILES string of the molecule is Cc1c(C(=O)N2CCN(CCOc3ccc(Cl)cc3)CC2)cnn1-c1ccc(=O)[nH]n1. The molecular weight excluding hydrogens is 420 g/mol. The van der Waals surface area contributed by atoms with E-state index in [1.807, 2.05) is 24.0 Å². The minimum atomic E-state index is -0.290. The number of nitrogens with one attached hydrogen (secondary N) is 1. The Kier molecular flexibility index (Phi) is 6.34. The number of H-pyrrole nitrogens is 1. The summed E-state index contributed by atoms with van der Waals surface area (Å²) >= 11 is 5.88. The van der Waals surface area contributed by atoms with Gasteiger partial charge in [0.1, 0.15) is 12.4 Å². The molecule has 0 atom stereocenters. The number of aromatic amines is 1. The Labute approximate surface area is 184 Å². The molecule has 1 aromatic carbocycles. The number of carbonyl (C=O) groups excluding carboxylic acids is 1. The molecule has 1 aliphatic rings. The van der Waals surface area contributed by atoms with Crippen molar-refractivity contribution in [3.63, 3.8) is 0 Å². The molecule has 162 valence electrons. The average molecular weight is 443 g/mol. The molecular formula is C21H23ClN6O3. The number of ether oxygens (including phenoxy) is 1. The van der Waals surface area contributed by atoms with E-state index in [1.165, 1.54) is 6.07 Å². The van der Waals surface area contributed by atoms with Crippen molar-refractivity contribution in [2.75, 3.05) is 39.3 Å². The first kappa shape index (κ1) is 21.1. The van der Waals surface area contributed by atoms with Gasteiger partial charge in [0.25, 0.3) is 11.5 Å². The van der Waals surface area contributed by atoms with Crippen LogP contribution in [-0.2, 0) is 0 Å². The van der Waals surface area contributed by atoms with Crippen molar-refractivity contribution in [1.82, 2.24) is 29.8 Å². The first-order valence-electron chi connectivity index (χ1n) is 10.0. The largest absolute Gasteiger partial charge is 0.492 e. The average Bonchev–Trinajstić information content (AvgIpc) is 3.17. The molecule has 10 heteroatoms. The van der Waals surface area contributed by atoms with Crippen LogP contribution in [0.25, 0.3) is 5.82 Å². The van der Waals surface area contributed by atoms with Crippen LogP contribution in [0.2, 0.25) is 5.02 Å². The van der Waals surface area contributed by atoms with Crippen molar-refractivity contribution in [3.8, 4) is 11.6 Å². The molecule has 0 aliphatic carbocycles. The van der Waals surface area contributed by atoms with Crippen molar-refractivity contribution >= 4 is 17.5 Å². The van der Waals surface area contributed by atoms with Crippen LogP contribution in [0.3, 0.4) is 0 Å². The zero-order valence-corrected chi connectivity index (χ0v) is 17.9. The minimum Gasteiger partial charge on any atom is -0.492 e. The van der Waals surface area contributed by atoms with Gasteiger partial charge in [0.2, 0.25) is 0 Å². The van der Waals surface area contributed by atoms with Crippen molar-refractivity contribution in [3.05, 3.63) is 69.2 Å². The molecule has 1 fully saturated rings. The van der Waals surface area contributed by atoms with Crippen molar-refractivity contribution in [2.45, 2.75) is 6.92 Å². The first-order valence-corrected chi connectivity index (χ1v) is 10.4. The van der Waals surface area contributed by atoms with E-state index >= 15 is 0 Å². The fourth-order valence-electron chi connectivity index (χ4n) is 3.47. The van der Waals surface area contributed by atoms with E-state index in [9.17, 15) is 9.59 Å². The van der Waals surface area contributed by atoms with Gasteiger partial charge in [0, 0.05) is 43.8 Å². The van der Waals surface area contributed by atoms with Crippen LogP contribution in [0.15, 0.2) is 47.4 Å². The van der Waals surface area contributed by atoms with Crippen LogP contribution >= 0.6 is 11.6 Å². The van der Waals surface area contributed by atoms with Gasteiger partial charge in [-0.3, -0.25) is 14.5 Å². The maximum Gasteiger partial charge on any atom is 0.264 e. The lowest BCUT2D eigenvalue weighted by molar-refractivity contribution is 0.0619. The Morgan fingerprint density at radius 2 is 1.87 bits per heavy atom. The molecule has 0 spiro atoms. The normalized spacial score (nSPS) is 14.6. The molecule has 2 aromatic heterocycles. The van der Waals surface area contributed by atoms with Gasteiger partial charge in [-0.15, -0.1) is 0 Å². The molecule has 3 heterocycles. The van der Waals surface area contributed by atoms with E-state index in [4.69, 9.17) is 16.3 Å². The van der Waals surface area contributed by atoms with Gasteiger partial charge in [0.05, 0.1) is 17.5 Å². The molecule has 0 bridgehead atoms. The van der Waals surface area contributed by atoms with Crippen LogP contribution in [0.5, 0.6) is 5.75 Å². The fraction of sp³-hybridized carbons (Fsp3) is 0.333. The Morgan fingerprint density at radius 1 is 1.13 bits per heavy atom. The summed E-state index contributed by atoms with van der Waals surface area (Å²) in [7, 11) is 0. The third-order valence-electron chi connectivity index (χ3n) is 5.27. The molecule has 0 radical (unpaired) electrons. The smallest absolute Gasteiger partial charge is 0.264 e. The van der Waals surface area contributed by atoms with Crippen LogP contribution in [0.4, 0.5) is 0 Å². The van der Waals surface area contributed by atoms with Crippen molar-refractivity contribution in [1.29, 1.82) is 0 Å². The van der Waals surface area contributed by atoms with E-state index in [1.54, 1.807) is 29.1 Å². The standard InChI is InChI=1S/C21H23ClN6O3/c1-15-18(14-23-28(15)19-6-7-20(29)25-24-19)21(30)27-10-8-26(9-11-27)12-13-31-17-4-2-16(22)3-5-17/h2-7,14H,8-13H2,1H3,(H,25,29). The Hall–Kier alpha value is -3.17. The molecule has 1 aliphatic heterocycles. The molecule has 3 aromatic rings. The van der Waals surface area contributed by atoms with Crippen molar-refractivity contribution < 1.29 is 9.53 Å². The molecule has 9 nitrogen and oxygen atoms in total. The summed E-state index contributed by atoms with van der Waals surface area (Å²) < 4.78 is 7.30. The molecule has 4 rings (SSSR count). The summed E-state index contributed by atoms with van der Waals surface area (Å²) in [4.78, 5) is 28.3. The number of piperazine rings is 1. The van der Waals surface area contributed by atoms with Gasteiger partial charge < -0.3 is 9.64 Å². The number of nitrogens with zero attached hydrogens (tertiary/aromatic N) is 5. The van der Waals surface area contributed by atoms with Crippen LogP contribution in [0, 0.1) is 6.92 Å². The Bertz CT molecular complexity index is 1080. The van der Waals surface area contributed by atoms with Crippen LogP contribution in [-0.4, -0.2) is 75.0 Å². The van der Waals surface area contributed by atoms with Crippen molar-refractivity contribution in [2.24, 2.45) is 0 Å². The fourth-order valence-corrected chi connectivity index (χ4v) is 3.60. The zero-order chi connectivity index (χ0) is 21.8. The lowest BCUT2D eigenvalue weighted by atomic mass is 10.2. The highest BCUT2D eigenvalue weighted by molar-refractivity contribution is 6.30. The zero-order valence-electron chi connectivity index (χ0n) is 17.1. The summed E-state index contributed by atoms with van der Waals surface area (Å²) in [5.74, 6) is 1.20. The molecule has 1 saturated heterocycles. The summed E-state index contributed by atoms with van der Waals surface area (Å²) in [6.45, 7) is 6.03. The maximum atomic E-state index is 13.0. The lowest BCUT2D eigenvalue weighted by Gasteiger charge is -2.34. The molecule has 0 saturated carbocycles. The number of carbonyl (C=O) groups is 1. The number of aromatic nitrogens is 4. The third kappa shape index (κ3) is 4.95. The monoisotopic (exact) mass is 442 g/mol. The Morgan fingerprint density at radius 3 is 2.55 bits per heavy atom. The first-order chi connectivity index (χ1) is 15.0. The van der Waals surface area contributed by atoms with E-state index < -0.39 is 0 Å².